The van der Waals surface area contributed by atoms with Crippen LogP contribution in [0.3, 0.4) is 0 Å². The summed E-state index contributed by atoms with van der Waals surface area (Å²) in [5.74, 6) is -0.386. The summed E-state index contributed by atoms with van der Waals surface area (Å²) >= 11 is 6.63. The number of ether oxygens (including phenoxy) is 2. The van der Waals surface area contributed by atoms with Gasteiger partial charge in [-0.2, -0.15) is 0 Å². The van der Waals surface area contributed by atoms with Crippen LogP contribution in [0.4, 0.5) is 5.69 Å². The molecule has 0 aliphatic rings. The van der Waals surface area contributed by atoms with E-state index in [1.165, 1.54) is 14.0 Å². The van der Waals surface area contributed by atoms with Gasteiger partial charge in [0.15, 0.2) is 6.10 Å². The Morgan fingerprint density at radius 1 is 1.08 bits per heavy atom. The van der Waals surface area contributed by atoms with Gasteiger partial charge in [-0.25, -0.2) is 4.79 Å². The highest BCUT2D eigenvalue weighted by atomic mass is 79.9. The van der Waals surface area contributed by atoms with Crippen LogP contribution in [-0.2, 0) is 9.53 Å². The van der Waals surface area contributed by atoms with Crippen molar-refractivity contribution in [1.29, 1.82) is 0 Å². The minimum atomic E-state index is -0.929. The molecule has 1 amide bonds. The molecule has 2 aromatic rings. The van der Waals surface area contributed by atoms with Crippen molar-refractivity contribution in [2.75, 3.05) is 12.4 Å². The number of carbonyl (C=O) groups is 2. The Hall–Kier alpha value is -1.86. The van der Waals surface area contributed by atoms with Gasteiger partial charge in [0.05, 0.1) is 17.1 Å². The van der Waals surface area contributed by atoms with Crippen molar-refractivity contribution in [3.63, 3.8) is 0 Å². The Kier molecular flexibility index (Phi) is 6.39. The lowest BCUT2D eigenvalue weighted by Crippen LogP contribution is -2.30. The number of esters is 1. The Morgan fingerprint density at radius 2 is 1.75 bits per heavy atom. The highest BCUT2D eigenvalue weighted by Crippen LogP contribution is 2.26. The molecule has 0 bridgehead atoms. The van der Waals surface area contributed by atoms with E-state index >= 15 is 0 Å². The molecule has 0 heterocycles. The van der Waals surface area contributed by atoms with E-state index in [0.717, 1.165) is 4.47 Å². The van der Waals surface area contributed by atoms with Crippen LogP contribution in [0.2, 0.25) is 0 Å². The molecule has 126 valence electrons. The van der Waals surface area contributed by atoms with Gasteiger partial charge in [0, 0.05) is 10.2 Å². The first-order chi connectivity index (χ1) is 11.4. The van der Waals surface area contributed by atoms with Crippen molar-refractivity contribution in [3.05, 3.63) is 57.0 Å². The number of anilines is 1. The van der Waals surface area contributed by atoms with E-state index in [1.54, 1.807) is 42.5 Å². The van der Waals surface area contributed by atoms with Crippen LogP contribution in [0.15, 0.2) is 51.4 Å². The van der Waals surface area contributed by atoms with Crippen molar-refractivity contribution in [3.8, 4) is 5.75 Å². The summed E-state index contributed by atoms with van der Waals surface area (Å²) in [4.78, 5) is 24.2. The zero-order valence-electron chi connectivity index (χ0n) is 13.0. The van der Waals surface area contributed by atoms with Crippen LogP contribution in [-0.4, -0.2) is 25.1 Å². The van der Waals surface area contributed by atoms with Crippen LogP contribution in [0.1, 0.15) is 17.3 Å². The fourth-order valence-corrected chi connectivity index (χ4v) is 2.66. The summed E-state index contributed by atoms with van der Waals surface area (Å²) in [5, 5.41) is 2.69. The van der Waals surface area contributed by atoms with Crippen molar-refractivity contribution in [1.82, 2.24) is 0 Å². The minimum Gasteiger partial charge on any atom is -0.496 e. The van der Waals surface area contributed by atoms with Gasteiger partial charge in [0.25, 0.3) is 5.91 Å². The van der Waals surface area contributed by atoms with Gasteiger partial charge in [-0.15, -0.1) is 0 Å². The predicted octanol–water partition coefficient (Wildman–Crippen LogP) is 4.40. The van der Waals surface area contributed by atoms with E-state index in [-0.39, 0.29) is 0 Å². The van der Waals surface area contributed by atoms with Gasteiger partial charge >= 0.3 is 5.97 Å². The van der Waals surface area contributed by atoms with E-state index in [9.17, 15) is 9.59 Å². The molecular weight excluding hydrogens is 442 g/mol. The van der Waals surface area contributed by atoms with Crippen LogP contribution >= 0.6 is 31.9 Å². The van der Waals surface area contributed by atoms with Gasteiger partial charge in [-0.3, -0.25) is 4.79 Å². The maximum absolute atomic E-state index is 12.1. The lowest BCUT2D eigenvalue weighted by molar-refractivity contribution is -0.123. The summed E-state index contributed by atoms with van der Waals surface area (Å²) in [6, 6.07) is 11.9. The summed E-state index contributed by atoms with van der Waals surface area (Å²) in [5.41, 5.74) is 0.948. The topological polar surface area (TPSA) is 64.6 Å². The van der Waals surface area contributed by atoms with E-state index in [1.807, 2.05) is 0 Å². The first-order valence-corrected chi connectivity index (χ1v) is 8.60. The van der Waals surface area contributed by atoms with Crippen molar-refractivity contribution >= 4 is 49.4 Å². The molecule has 0 spiro atoms. The molecule has 5 nitrogen and oxygen atoms in total. The third kappa shape index (κ3) is 4.82. The molecule has 0 saturated heterocycles. The fourth-order valence-electron chi connectivity index (χ4n) is 1.85. The number of carbonyl (C=O) groups excluding carboxylic acids is 2. The Bertz CT molecular complexity index is 747. The second kappa shape index (κ2) is 8.30. The normalized spacial score (nSPS) is 11.5. The number of benzene rings is 2. The van der Waals surface area contributed by atoms with Gasteiger partial charge in [0.1, 0.15) is 5.75 Å². The molecule has 0 fully saturated rings. The lowest BCUT2D eigenvalue weighted by Gasteiger charge is -2.14. The standard InChI is InChI=1S/C17H15Br2NO4/c1-10(16(21)20-13-6-4-12(18)5-7-13)24-17(22)11-3-8-15(23-2)14(19)9-11/h3-10H,1-2H3,(H,20,21). The molecule has 0 aliphatic heterocycles. The van der Waals surface area contributed by atoms with Gasteiger partial charge in [-0.05, 0) is 65.3 Å². The lowest BCUT2D eigenvalue weighted by atomic mass is 10.2. The first kappa shape index (κ1) is 18.5. The first-order valence-electron chi connectivity index (χ1n) is 7.01. The Balaban J connectivity index is 1.98. The van der Waals surface area contributed by atoms with Crippen LogP contribution in [0, 0.1) is 0 Å². The quantitative estimate of drug-likeness (QED) is 0.677. The molecule has 1 N–H and O–H groups in total. The van der Waals surface area contributed by atoms with Crippen LogP contribution < -0.4 is 10.1 Å². The molecule has 24 heavy (non-hydrogen) atoms. The average Bonchev–Trinajstić information content (AvgIpc) is 2.56. The molecule has 1 unspecified atom stereocenters. The number of halogens is 2. The second-order valence-electron chi connectivity index (χ2n) is 4.89. The molecule has 1 atom stereocenters. The maximum Gasteiger partial charge on any atom is 0.338 e. The number of methoxy groups -OCH3 is 1. The maximum atomic E-state index is 12.1. The number of nitrogens with one attached hydrogen (secondary N) is 1. The van der Waals surface area contributed by atoms with E-state index in [2.05, 4.69) is 37.2 Å². The largest absolute Gasteiger partial charge is 0.496 e. The third-order valence-electron chi connectivity index (χ3n) is 3.15. The summed E-state index contributed by atoms with van der Waals surface area (Å²) in [6.07, 6.45) is -0.929. The highest BCUT2D eigenvalue weighted by Gasteiger charge is 2.19. The summed E-state index contributed by atoms with van der Waals surface area (Å²) in [7, 11) is 1.53. The third-order valence-corrected chi connectivity index (χ3v) is 4.30. The molecule has 0 aromatic heterocycles. The Labute approximate surface area is 156 Å². The van der Waals surface area contributed by atoms with Crippen molar-refractivity contribution in [2.24, 2.45) is 0 Å². The monoisotopic (exact) mass is 455 g/mol. The van der Waals surface area contributed by atoms with Gasteiger partial charge < -0.3 is 14.8 Å². The summed E-state index contributed by atoms with van der Waals surface area (Å²) in [6.45, 7) is 1.52. The molecule has 2 aromatic carbocycles. The summed E-state index contributed by atoms with van der Waals surface area (Å²) < 4.78 is 11.8. The van der Waals surface area contributed by atoms with Gasteiger partial charge in [0.2, 0.25) is 0 Å². The van der Waals surface area contributed by atoms with Crippen molar-refractivity contribution in [2.45, 2.75) is 13.0 Å². The smallest absolute Gasteiger partial charge is 0.338 e. The molecular formula is C17H15Br2NO4. The van der Waals surface area contributed by atoms with Crippen LogP contribution in [0.25, 0.3) is 0 Å². The molecule has 0 saturated carbocycles. The molecule has 2 rings (SSSR count). The second-order valence-corrected chi connectivity index (χ2v) is 6.66. The predicted molar refractivity (Wildman–Crippen MR) is 98.3 cm³/mol. The number of amides is 1. The zero-order valence-corrected chi connectivity index (χ0v) is 16.2. The fraction of sp³-hybridized carbons (Fsp3) is 0.176. The SMILES string of the molecule is COc1ccc(C(=O)OC(C)C(=O)Nc2ccc(Br)cc2)cc1Br. The zero-order chi connectivity index (χ0) is 17.7. The van der Waals surface area contributed by atoms with E-state index in [0.29, 0.717) is 21.5 Å². The molecule has 7 heteroatoms. The average molecular weight is 457 g/mol. The van der Waals surface area contributed by atoms with E-state index < -0.39 is 18.0 Å². The molecule has 0 radical (unpaired) electrons. The number of rotatable bonds is 5. The minimum absolute atomic E-state index is 0.325. The number of hydrogen-bond donors (Lipinski definition) is 1. The van der Waals surface area contributed by atoms with Crippen LogP contribution in [0.5, 0.6) is 5.75 Å². The van der Waals surface area contributed by atoms with Crippen molar-refractivity contribution < 1.29 is 19.1 Å². The van der Waals surface area contributed by atoms with Gasteiger partial charge in [-0.1, -0.05) is 15.9 Å². The number of hydrogen-bond acceptors (Lipinski definition) is 4. The Morgan fingerprint density at radius 3 is 2.33 bits per heavy atom. The highest BCUT2D eigenvalue weighted by molar-refractivity contribution is 9.10. The van der Waals surface area contributed by atoms with E-state index in [4.69, 9.17) is 9.47 Å². The molecule has 0 aliphatic carbocycles.